The summed E-state index contributed by atoms with van der Waals surface area (Å²) in [4.78, 5) is 23.2. The third kappa shape index (κ3) is 2.03. The minimum Gasteiger partial charge on any atom is -0.368 e. The molecule has 96 valence electrons. The van der Waals surface area contributed by atoms with Crippen molar-refractivity contribution in [3.63, 3.8) is 0 Å². The second-order valence-corrected chi connectivity index (χ2v) is 4.55. The molecule has 0 spiro atoms. The molecule has 18 heavy (non-hydrogen) atoms. The number of rotatable bonds is 2. The van der Waals surface area contributed by atoms with Crippen molar-refractivity contribution in [3.05, 3.63) is 30.3 Å². The van der Waals surface area contributed by atoms with Gasteiger partial charge in [-0.1, -0.05) is 18.2 Å². The van der Waals surface area contributed by atoms with E-state index >= 15 is 0 Å². The highest BCUT2D eigenvalue weighted by Crippen LogP contribution is 2.30. The fourth-order valence-corrected chi connectivity index (χ4v) is 2.45. The van der Waals surface area contributed by atoms with Crippen LogP contribution in [0.3, 0.4) is 0 Å². The molecule has 0 saturated carbocycles. The van der Waals surface area contributed by atoms with Gasteiger partial charge in [0.1, 0.15) is 6.04 Å². The van der Waals surface area contributed by atoms with Crippen molar-refractivity contribution >= 4 is 17.5 Å². The van der Waals surface area contributed by atoms with Crippen LogP contribution >= 0.6 is 0 Å². The van der Waals surface area contributed by atoms with Crippen LogP contribution in [0.25, 0.3) is 0 Å². The molecule has 1 fully saturated rings. The number of carbonyl (C=O) groups excluding carboxylic acids is 2. The molecule has 5 nitrogen and oxygen atoms in total. The number of nitrogens with two attached hydrogens (primary N) is 1. The molecular weight excluding hydrogens is 230 g/mol. The largest absolute Gasteiger partial charge is 0.368 e. The SMILES string of the molecule is CC(=O)N1C(C(N)=O)CC(C)N1c1ccccc1. The maximum absolute atomic E-state index is 11.8. The number of anilines is 1. The Bertz CT molecular complexity index is 461. The van der Waals surface area contributed by atoms with Crippen LogP contribution in [-0.4, -0.2) is 28.9 Å². The molecule has 0 aliphatic carbocycles. The Labute approximate surface area is 106 Å². The molecule has 2 rings (SSSR count). The Morgan fingerprint density at radius 2 is 1.89 bits per heavy atom. The lowest BCUT2D eigenvalue weighted by atomic mass is 10.1. The van der Waals surface area contributed by atoms with Gasteiger partial charge in [-0.25, -0.2) is 5.01 Å². The Kier molecular flexibility index (Phi) is 3.23. The third-order valence-corrected chi connectivity index (χ3v) is 3.18. The number of carbonyl (C=O) groups is 2. The van der Waals surface area contributed by atoms with E-state index in [4.69, 9.17) is 5.73 Å². The van der Waals surface area contributed by atoms with Crippen molar-refractivity contribution in [1.29, 1.82) is 0 Å². The second-order valence-electron chi connectivity index (χ2n) is 4.55. The summed E-state index contributed by atoms with van der Waals surface area (Å²) in [7, 11) is 0. The zero-order valence-corrected chi connectivity index (χ0v) is 10.5. The number of hydrazine groups is 1. The molecule has 2 amide bonds. The Hall–Kier alpha value is -2.04. The summed E-state index contributed by atoms with van der Waals surface area (Å²) in [6, 6.07) is 9.04. The highest BCUT2D eigenvalue weighted by Gasteiger charge is 2.41. The number of amides is 2. The average Bonchev–Trinajstić information content (AvgIpc) is 2.68. The van der Waals surface area contributed by atoms with E-state index in [-0.39, 0.29) is 11.9 Å². The van der Waals surface area contributed by atoms with Gasteiger partial charge in [-0.15, -0.1) is 0 Å². The van der Waals surface area contributed by atoms with E-state index in [9.17, 15) is 9.59 Å². The van der Waals surface area contributed by atoms with Crippen molar-refractivity contribution in [2.75, 3.05) is 5.01 Å². The minimum atomic E-state index is -0.558. The minimum absolute atomic E-state index is 0.0637. The monoisotopic (exact) mass is 247 g/mol. The van der Waals surface area contributed by atoms with Crippen molar-refractivity contribution in [1.82, 2.24) is 5.01 Å². The highest BCUT2D eigenvalue weighted by molar-refractivity contribution is 5.88. The third-order valence-electron chi connectivity index (χ3n) is 3.18. The number of primary amides is 1. The molecular formula is C13H17N3O2. The van der Waals surface area contributed by atoms with Gasteiger partial charge in [-0.2, -0.15) is 0 Å². The molecule has 0 bridgehead atoms. The van der Waals surface area contributed by atoms with E-state index in [0.29, 0.717) is 6.42 Å². The summed E-state index contributed by atoms with van der Waals surface area (Å²) >= 11 is 0. The van der Waals surface area contributed by atoms with E-state index in [1.165, 1.54) is 11.9 Å². The molecule has 1 saturated heterocycles. The van der Waals surface area contributed by atoms with Crippen molar-refractivity contribution in [2.45, 2.75) is 32.4 Å². The Morgan fingerprint density at radius 1 is 1.28 bits per heavy atom. The lowest BCUT2D eigenvalue weighted by molar-refractivity contribution is -0.136. The normalized spacial score (nSPS) is 23.2. The van der Waals surface area contributed by atoms with Crippen LogP contribution in [0, 0.1) is 0 Å². The number of para-hydroxylation sites is 1. The van der Waals surface area contributed by atoms with Crippen LogP contribution in [0.1, 0.15) is 20.3 Å². The molecule has 5 heteroatoms. The molecule has 2 unspecified atom stereocenters. The van der Waals surface area contributed by atoms with Crippen LogP contribution in [0.2, 0.25) is 0 Å². The first-order chi connectivity index (χ1) is 8.52. The summed E-state index contributed by atoms with van der Waals surface area (Å²) in [5.74, 6) is -0.637. The first kappa shape index (κ1) is 12.4. The summed E-state index contributed by atoms with van der Waals surface area (Å²) in [5.41, 5.74) is 6.26. The molecule has 1 aromatic rings. The summed E-state index contributed by atoms with van der Waals surface area (Å²) in [5, 5.41) is 3.31. The zero-order valence-electron chi connectivity index (χ0n) is 10.5. The molecule has 2 atom stereocenters. The maximum atomic E-state index is 11.8. The van der Waals surface area contributed by atoms with Gasteiger partial charge in [0.15, 0.2) is 0 Å². The van der Waals surface area contributed by atoms with Crippen molar-refractivity contribution in [2.24, 2.45) is 5.73 Å². The zero-order chi connectivity index (χ0) is 13.3. The van der Waals surface area contributed by atoms with Crippen LogP contribution in [-0.2, 0) is 9.59 Å². The Morgan fingerprint density at radius 3 is 2.39 bits per heavy atom. The van der Waals surface area contributed by atoms with Gasteiger partial charge >= 0.3 is 0 Å². The van der Waals surface area contributed by atoms with Gasteiger partial charge in [0.05, 0.1) is 11.7 Å². The fraction of sp³-hybridized carbons (Fsp3) is 0.385. The molecule has 1 heterocycles. The first-order valence-corrected chi connectivity index (χ1v) is 5.95. The quantitative estimate of drug-likeness (QED) is 0.844. The number of nitrogens with zero attached hydrogens (tertiary/aromatic N) is 2. The number of benzene rings is 1. The molecule has 1 aliphatic heterocycles. The Balaban J connectivity index is 2.39. The van der Waals surface area contributed by atoms with Crippen molar-refractivity contribution in [3.8, 4) is 0 Å². The lowest BCUT2D eigenvalue weighted by Gasteiger charge is -2.33. The highest BCUT2D eigenvalue weighted by atomic mass is 16.2. The van der Waals surface area contributed by atoms with E-state index in [1.54, 1.807) is 0 Å². The molecule has 0 aromatic heterocycles. The van der Waals surface area contributed by atoms with Gasteiger partial charge in [0, 0.05) is 13.3 Å². The van der Waals surface area contributed by atoms with Gasteiger partial charge < -0.3 is 5.73 Å². The summed E-state index contributed by atoms with van der Waals surface area (Å²) in [6.45, 7) is 3.43. The van der Waals surface area contributed by atoms with E-state index in [0.717, 1.165) is 5.69 Å². The number of hydrogen-bond acceptors (Lipinski definition) is 3. The van der Waals surface area contributed by atoms with Gasteiger partial charge in [-0.3, -0.25) is 14.6 Å². The van der Waals surface area contributed by atoms with Crippen LogP contribution < -0.4 is 10.7 Å². The van der Waals surface area contributed by atoms with Crippen LogP contribution in [0.15, 0.2) is 30.3 Å². The van der Waals surface area contributed by atoms with E-state index in [1.807, 2.05) is 42.3 Å². The molecule has 1 aromatic carbocycles. The van der Waals surface area contributed by atoms with Gasteiger partial charge in [-0.05, 0) is 19.1 Å². The first-order valence-electron chi connectivity index (χ1n) is 5.95. The second kappa shape index (κ2) is 4.68. The summed E-state index contributed by atoms with van der Waals surface area (Å²) < 4.78 is 0. The molecule has 1 aliphatic rings. The standard InChI is InChI=1S/C13H17N3O2/c1-9-8-12(13(14)18)16(10(2)17)15(9)11-6-4-3-5-7-11/h3-7,9,12H,8H2,1-2H3,(H2,14,18). The van der Waals surface area contributed by atoms with Crippen LogP contribution in [0.4, 0.5) is 5.69 Å². The maximum Gasteiger partial charge on any atom is 0.242 e. The molecule has 2 N–H and O–H groups in total. The number of hydrogen-bond donors (Lipinski definition) is 1. The fourth-order valence-electron chi connectivity index (χ4n) is 2.45. The topological polar surface area (TPSA) is 66.6 Å². The smallest absolute Gasteiger partial charge is 0.242 e. The van der Waals surface area contributed by atoms with Crippen LogP contribution in [0.5, 0.6) is 0 Å². The van der Waals surface area contributed by atoms with Crippen molar-refractivity contribution < 1.29 is 9.59 Å². The van der Waals surface area contributed by atoms with E-state index < -0.39 is 11.9 Å². The average molecular weight is 247 g/mol. The predicted molar refractivity (Wildman–Crippen MR) is 68.5 cm³/mol. The molecule has 0 radical (unpaired) electrons. The van der Waals surface area contributed by atoms with Gasteiger partial charge in [0.2, 0.25) is 11.8 Å². The lowest BCUT2D eigenvalue weighted by Crippen LogP contribution is -2.50. The van der Waals surface area contributed by atoms with Gasteiger partial charge in [0.25, 0.3) is 0 Å². The van der Waals surface area contributed by atoms with E-state index in [2.05, 4.69) is 0 Å². The predicted octanol–water partition coefficient (Wildman–Crippen LogP) is 0.903. The summed E-state index contributed by atoms with van der Waals surface area (Å²) in [6.07, 6.45) is 0.559.